The first kappa shape index (κ1) is 17.3. The number of H-pyrrole nitrogens is 1. The van der Waals surface area contributed by atoms with Gasteiger partial charge in [-0.15, -0.1) is 22.7 Å². The number of amides is 2. The van der Waals surface area contributed by atoms with Crippen molar-refractivity contribution in [3.05, 3.63) is 34.7 Å². The maximum Gasteiger partial charge on any atom is 0.231 e. The predicted octanol–water partition coefficient (Wildman–Crippen LogP) is 3.37. The van der Waals surface area contributed by atoms with E-state index in [2.05, 4.69) is 25.8 Å². The lowest BCUT2D eigenvalue weighted by atomic mass is 10.2. The summed E-state index contributed by atoms with van der Waals surface area (Å²) in [7, 11) is 0. The first-order chi connectivity index (χ1) is 12.0. The van der Waals surface area contributed by atoms with Crippen molar-refractivity contribution in [2.75, 3.05) is 10.6 Å². The van der Waals surface area contributed by atoms with E-state index < -0.39 is 0 Å². The average molecular weight is 375 g/mol. The van der Waals surface area contributed by atoms with Gasteiger partial charge in [-0.25, -0.2) is 4.98 Å². The highest BCUT2D eigenvalue weighted by molar-refractivity contribution is 7.14. The number of nitrogens with zero attached hydrogens (tertiary/aromatic N) is 2. The van der Waals surface area contributed by atoms with Gasteiger partial charge in [0.25, 0.3) is 0 Å². The van der Waals surface area contributed by atoms with Crippen LogP contribution in [-0.2, 0) is 16.0 Å². The van der Waals surface area contributed by atoms with Gasteiger partial charge in [-0.3, -0.25) is 14.7 Å². The molecule has 7 nitrogen and oxygen atoms in total. The van der Waals surface area contributed by atoms with E-state index in [9.17, 15) is 9.59 Å². The Bertz CT molecular complexity index is 867. The Kier molecular flexibility index (Phi) is 5.25. The number of thiophene rings is 1. The number of anilines is 2. The highest BCUT2D eigenvalue weighted by Gasteiger charge is 2.13. The van der Waals surface area contributed by atoms with Gasteiger partial charge in [0.05, 0.1) is 22.7 Å². The predicted molar refractivity (Wildman–Crippen MR) is 99.8 cm³/mol. The molecule has 2 amide bonds. The molecule has 130 valence electrons. The van der Waals surface area contributed by atoms with E-state index in [1.807, 2.05) is 31.4 Å². The molecule has 3 rings (SSSR count). The lowest BCUT2D eigenvalue weighted by Crippen LogP contribution is -2.18. The fourth-order valence-corrected chi connectivity index (χ4v) is 3.40. The molecule has 0 saturated carbocycles. The molecule has 0 aliphatic rings. The lowest BCUT2D eigenvalue weighted by Gasteiger charge is -2.03. The minimum absolute atomic E-state index is 0.0945. The monoisotopic (exact) mass is 375 g/mol. The average Bonchev–Trinajstić information content (AvgIpc) is 3.28. The topological polar surface area (TPSA) is 99.8 Å². The Morgan fingerprint density at radius 3 is 2.84 bits per heavy atom. The third-order valence-corrected chi connectivity index (χ3v) is 4.99. The number of hydrogen-bond acceptors (Lipinski definition) is 6. The van der Waals surface area contributed by atoms with Gasteiger partial charge >= 0.3 is 0 Å². The van der Waals surface area contributed by atoms with Gasteiger partial charge < -0.3 is 10.6 Å². The molecule has 9 heteroatoms. The van der Waals surface area contributed by atoms with E-state index in [0.29, 0.717) is 16.6 Å². The molecule has 0 bridgehead atoms. The Morgan fingerprint density at radius 1 is 1.28 bits per heavy atom. The highest BCUT2D eigenvalue weighted by atomic mass is 32.1. The molecule has 0 radical (unpaired) electrons. The number of hydrogen-bond donors (Lipinski definition) is 3. The summed E-state index contributed by atoms with van der Waals surface area (Å²) in [5.41, 5.74) is 1.47. The van der Waals surface area contributed by atoms with Crippen LogP contribution >= 0.6 is 22.7 Å². The molecule has 3 aromatic rings. The molecule has 3 aromatic heterocycles. The van der Waals surface area contributed by atoms with Crippen LogP contribution in [0.1, 0.15) is 19.5 Å². The number of nitrogens with one attached hydrogen (secondary N) is 3. The molecule has 0 aromatic carbocycles. The molecule has 0 unspecified atom stereocenters. The van der Waals surface area contributed by atoms with Crippen LogP contribution in [0.4, 0.5) is 10.9 Å². The molecular formula is C16H17N5O2S2. The van der Waals surface area contributed by atoms with Crippen molar-refractivity contribution < 1.29 is 9.59 Å². The Hall–Kier alpha value is -2.52. The second-order valence-electron chi connectivity index (χ2n) is 5.66. The van der Waals surface area contributed by atoms with Gasteiger partial charge in [-0.05, 0) is 11.4 Å². The number of carbonyl (C=O) groups is 2. The SMILES string of the molecule is CC(C)C(=O)Nc1nc(CC(=O)Nc2cc(-c3cccs3)[nH]n2)cs1. The van der Waals surface area contributed by atoms with Gasteiger partial charge in [-0.2, -0.15) is 5.10 Å². The molecule has 0 saturated heterocycles. The first-order valence-electron chi connectivity index (χ1n) is 7.65. The van der Waals surface area contributed by atoms with E-state index in [0.717, 1.165) is 10.6 Å². The van der Waals surface area contributed by atoms with Crippen molar-refractivity contribution in [1.82, 2.24) is 15.2 Å². The van der Waals surface area contributed by atoms with E-state index in [4.69, 9.17) is 0 Å². The largest absolute Gasteiger partial charge is 0.309 e. The highest BCUT2D eigenvalue weighted by Crippen LogP contribution is 2.24. The molecule has 0 fully saturated rings. The summed E-state index contributed by atoms with van der Waals surface area (Å²) < 4.78 is 0. The minimum Gasteiger partial charge on any atom is -0.309 e. The second-order valence-corrected chi connectivity index (χ2v) is 7.46. The fraction of sp³-hybridized carbons (Fsp3) is 0.250. The van der Waals surface area contributed by atoms with Crippen LogP contribution in [0.15, 0.2) is 29.0 Å². The van der Waals surface area contributed by atoms with Crippen LogP contribution in [0.5, 0.6) is 0 Å². The summed E-state index contributed by atoms with van der Waals surface area (Å²) in [6, 6.07) is 5.72. The number of thiazole rings is 1. The minimum atomic E-state index is -0.212. The summed E-state index contributed by atoms with van der Waals surface area (Å²) in [5.74, 6) is 0.0454. The van der Waals surface area contributed by atoms with Crippen molar-refractivity contribution in [2.45, 2.75) is 20.3 Å². The van der Waals surface area contributed by atoms with Crippen LogP contribution in [0.3, 0.4) is 0 Å². The second kappa shape index (κ2) is 7.58. The molecule has 0 spiro atoms. The van der Waals surface area contributed by atoms with Gasteiger partial charge in [0.1, 0.15) is 0 Å². The maximum absolute atomic E-state index is 12.1. The Labute approximate surface area is 152 Å². The zero-order valence-corrected chi connectivity index (χ0v) is 15.3. The smallest absolute Gasteiger partial charge is 0.231 e. The van der Waals surface area contributed by atoms with Gasteiger partial charge in [0.15, 0.2) is 10.9 Å². The van der Waals surface area contributed by atoms with Gasteiger partial charge in [0.2, 0.25) is 11.8 Å². The number of carbonyl (C=O) groups excluding carboxylic acids is 2. The fourth-order valence-electron chi connectivity index (χ4n) is 1.99. The molecule has 3 N–H and O–H groups in total. The zero-order chi connectivity index (χ0) is 17.8. The van der Waals surface area contributed by atoms with Crippen molar-refractivity contribution in [3.8, 4) is 10.6 Å². The van der Waals surface area contributed by atoms with Crippen LogP contribution in [0.2, 0.25) is 0 Å². The summed E-state index contributed by atoms with van der Waals surface area (Å²) >= 11 is 2.90. The Balaban J connectivity index is 1.56. The standard InChI is InChI=1S/C16H17N5O2S2/c1-9(2)15(23)19-16-17-10(8-25-16)6-14(22)18-13-7-11(20-21-13)12-4-3-5-24-12/h3-5,7-9H,6H2,1-2H3,(H,17,19,23)(H2,18,20,21,22). The van der Waals surface area contributed by atoms with Crippen molar-refractivity contribution in [3.63, 3.8) is 0 Å². The molecule has 0 aliphatic carbocycles. The van der Waals surface area contributed by atoms with Crippen molar-refractivity contribution in [2.24, 2.45) is 5.92 Å². The van der Waals surface area contributed by atoms with Crippen molar-refractivity contribution >= 4 is 45.4 Å². The normalized spacial score (nSPS) is 10.8. The molecule has 25 heavy (non-hydrogen) atoms. The number of aromatic nitrogens is 3. The molecule has 3 heterocycles. The summed E-state index contributed by atoms with van der Waals surface area (Å²) in [4.78, 5) is 29.1. The maximum atomic E-state index is 12.1. The summed E-state index contributed by atoms with van der Waals surface area (Å²) in [6.45, 7) is 3.62. The lowest BCUT2D eigenvalue weighted by molar-refractivity contribution is -0.119. The molecular weight excluding hydrogens is 358 g/mol. The number of aromatic amines is 1. The van der Waals surface area contributed by atoms with Crippen LogP contribution in [-0.4, -0.2) is 27.0 Å². The van der Waals surface area contributed by atoms with E-state index in [1.165, 1.54) is 11.3 Å². The first-order valence-corrected chi connectivity index (χ1v) is 9.41. The number of rotatable bonds is 6. The van der Waals surface area contributed by atoms with E-state index in [-0.39, 0.29) is 24.2 Å². The quantitative estimate of drug-likeness (QED) is 0.615. The molecule has 0 aliphatic heterocycles. The van der Waals surface area contributed by atoms with Crippen LogP contribution < -0.4 is 10.6 Å². The van der Waals surface area contributed by atoms with Crippen LogP contribution in [0, 0.1) is 5.92 Å². The third-order valence-electron chi connectivity index (χ3n) is 3.28. The molecule has 0 atom stereocenters. The van der Waals surface area contributed by atoms with Gasteiger partial charge in [0, 0.05) is 17.4 Å². The Morgan fingerprint density at radius 2 is 2.12 bits per heavy atom. The van der Waals surface area contributed by atoms with Crippen LogP contribution in [0.25, 0.3) is 10.6 Å². The summed E-state index contributed by atoms with van der Waals surface area (Å²) in [6.07, 6.45) is 0.120. The van der Waals surface area contributed by atoms with Gasteiger partial charge in [-0.1, -0.05) is 19.9 Å². The van der Waals surface area contributed by atoms with E-state index in [1.54, 1.807) is 22.8 Å². The summed E-state index contributed by atoms with van der Waals surface area (Å²) in [5, 5.41) is 16.7. The van der Waals surface area contributed by atoms with E-state index >= 15 is 0 Å². The van der Waals surface area contributed by atoms with Crippen molar-refractivity contribution in [1.29, 1.82) is 0 Å². The zero-order valence-electron chi connectivity index (χ0n) is 13.7. The third kappa shape index (κ3) is 4.52.